The molecule has 3 amide bonds. The number of nitrogens with zero attached hydrogens (tertiary/aromatic N) is 3. The molecule has 1 fully saturated rings. The number of hydrazine groups is 1. The molecule has 0 radical (unpaired) electrons. The molecule has 42 heavy (non-hydrogen) atoms. The molecule has 0 saturated heterocycles. The Balaban J connectivity index is 1.50. The van der Waals surface area contributed by atoms with E-state index < -0.39 is 29.1 Å². The molecule has 0 unspecified atom stereocenters. The van der Waals surface area contributed by atoms with E-state index in [1.807, 2.05) is 0 Å². The zero-order valence-electron chi connectivity index (χ0n) is 24.1. The van der Waals surface area contributed by atoms with E-state index >= 15 is 0 Å². The third-order valence-electron chi connectivity index (χ3n) is 6.81. The Morgan fingerprint density at radius 3 is 2.55 bits per heavy atom. The summed E-state index contributed by atoms with van der Waals surface area (Å²) in [5.74, 6) is -0.868. The van der Waals surface area contributed by atoms with Crippen LogP contribution in [0.5, 0.6) is 6.01 Å². The van der Waals surface area contributed by atoms with Crippen molar-refractivity contribution >= 4 is 46.2 Å². The summed E-state index contributed by atoms with van der Waals surface area (Å²) in [4.78, 5) is 62.4. The number of rotatable bonds is 7. The summed E-state index contributed by atoms with van der Waals surface area (Å²) in [5.41, 5.74) is 1.45. The first kappa shape index (κ1) is 30.8. The van der Waals surface area contributed by atoms with Gasteiger partial charge in [-0.25, -0.2) is 14.8 Å². The Bertz CT molecular complexity index is 1530. The highest BCUT2D eigenvalue weighted by Crippen LogP contribution is 2.27. The van der Waals surface area contributed by atoms with E-state index in [4.69, 9.17) is 21.1 Å². The van der Waals surface area contributed by atoms with Gasteiger partial charge in [-0.2, -0.15) is 4.98 Å². The molecule has 2 heterocycles. The van der Waals surface area contributed by atoms with E-state index in [9.17, 15) is 19.2 Å². The summed E-state index contributed by atoms with van der Waals surface area (Å²) in [6.45, 7) is 5.56. The van der Waals surface area contributed by atoms with E-state index in [-0.39, 0.29) is 33.5 Å². The fourth-order valence-electron chi connectivity index (χ4n) is 4.68. The number of nitrogens with one attached hydrogen (secondary N) is 3. The number of fused-ring (bicyclic) bond motifs is 1. The van der Waals surface area contributed by atoms with E-state index in [1.165, 1.54) is 49.0 Å². The SMILES string of the molecule is COc1ncc2cc(C(=O)Nc3cc(C(=O)NN(CCC4CCCCC4)C(=O)OC(C)(C)C)ccc3Cl)c(=O)[nH]c2n1. The Morgan fingerprint density at radius 1 is 1.12 bits per heavy atom. The fourth-order valence-corrected chi connectivity index (χ4v) is 4.84. The van der Waals surface area contributed by atoms with E-state index in [0.29, 0.717) is 17.8 Å². The van der Waals surface area contributed by atoms with Gasteiger partial charge in [0.2, 0.25) is 0 Å². The van der Waals surface area contributed by atoms with Crippen molar-refractivity contribution in [3.63, 3.8) is 0 Å². The lowest BCUT2D eigenvalue weighted by Crippen LogP contribution is -2.49. The standard InChI is InChI=1S/C29H35ClN6O6/c1-29(2,3)42-28(40)36(13-12-17-8-6-5-7-9-17)35-24(37)18-10-11-21(30)22(15-18)32-25(38)20-14-19-16-31-27(41-4)34-23(19)33-26(20)39/h10-11,14-17H,5-9,12-13H2,1-4H3,(H,32,38)(H,35,37)(H,31,33,34,39). The number of aromatic amines is 1. The molecule has 1 aliphatic carbocycles. The topological polar surface area (TPSA) is 156 Å². The average Bonchev–Trinajstić information content (AvgIpc) is 2.95. The van der Waals surface area contributed by atoms with Crippen LogP contribution in [0.25, 0.3) is 11.0 Å². The van der Waals surface area contributed by atoms with Crippen molar-refractivity contribution in [3.8, 4) is 6.01 Å². The Kier molecular flexibility index (Phi) is 9.66. The summed E-state index contributed by atoms with van der Waals surface area (Å²) in [6, 6.07) is 5.69. The maximum Gasteiger partial charge on any atom is 0.429 e. The second-order valence-corrected chi connectivity index (χ2v) is 11.6. The number of benzene rings is 1. The van der Waals surface area contributed by atoms with Crippen molar-refractivity contribution < 1.29 is 23.9 Å². The third kappa shape index (κ3) is 7.96. The van der Waals surface area contributed by atoms with Gasteiger partial charge in [0, 0.05) is 23.7 Å². The summed E-state index contributed by atoms with van der Waals surface area (Å²) in [6.07, 6.45) is 7.22. The molecule has 1 saturated carbocycles. The highest BCUT2D eigenvalue weighted by Gasteiger charge is 2.26. The Labute approximate surface area is 248 Å². The molecule has 0 bridgehead atoms. The number of halogens is 1. The van der Waals surface area contributed by atoms with Gasteiger partial charge in [-0.05, 0) is 57.4 Å². The molecule has 1 aromatic carbocycles. The lowest BCUT2D eigenvalue weighted by molar-refractivity contribution is 0.0117. The molecule has 13 heteroatoms. The first-order valence-corrected chi connectivity index (χ1v) is 14.2. The number of carbonyl (C=O) groups excluding carboxylic acids is 3. The normalized spacial score (nSPS) is 13.8. The van der Waals surface area contributed by atoms with Crippen molar-refractivity contribution in [1.29, 1.82) is 0 Å². The van der Waals surface area contributed by atoms with Gasteiger partial charge in [-0.3, -0.25) is 19.8 Å². The first-order chi connectivity index (χ1) is 19.9. The second kappa shape index (κ2) is 13.2. The van der Waals surface area contributed by atoms with Gasteiger partial charge in [-0.1, -0.05) is 43.7 Å². The number of H-pyrrole nitrogens is 1. The molecule has 1 aliphatic rings. The van der Waals surface area contributed by atoms with Gasteiger partial charge >= 0.3 is 12.1 Å². The largest absolute Gasteiger partial charge is 0.467 e. The molecule has 3 aromatic rings. The molecular weight excluding hydrogens is 564 g/mol. The molecule has 2 aromatic heterocycles. The minimum absolute atomic E-state index is 0.0662. The minimum Gasteiger partial charge on any atom is -0.467 e. The average molecular weight is 599 g/mol. The number of methoxy groups -OCH3 is 1. The lowest BCUT2D eigenvalue weighted by atomic mass is 9.87. The summed E-state index contributed by atoms with van der Waals surface area (Å²) >= 11 is 6.31. The highest BCUT2D eigenvalue weighted by atomic mass is 35.5. The molecular formula is C29H35ClN6O6. The number of ether oxygens (including phenoxy) is 2. The minimum atomic E-state index is -0.753. The summed E-state index contributed by atoms with van der Waals surface area (Å²) in [5, 5.41) is 4.34. The molecule has 12 nitrogen and oxygen atoms in total. The van der Waals surface area contributed by atoms with E-state index in [2.05, 4.69) is 25.7 Å². The van der Waals surface area contributed by atoms with Gasteiger partial charge in [0.1, 0.15) is 16.8 Å². The van der Waals surface area contributed by atoms with Gasteiger partial charge in [-0.15, -0.1) is 0 Å². The first-order valence-electron chi connectivity index (χ1n) is 13.8. The number of aromatic nitrogens is 3. The zero-order chi connectivity index (χ0) is 30.4. The molecule has 4 rings (SSSR count). The molecule has 224 valence electrons. The Morgan fingerprint density at radius 2 is 1.86 bits per heavy atom. The van der Waals surface area contributed by atoms with Crippen molar-refractivity contribution in [3.05, 3.63) is 57.0 Å². The lowest BCUT2D eigenvalue weighted by Gasteiger charge is -2.29. The monoisotopic (exact) mass is 598 g/mol. The van der Waals surface area contributed by atoms with Crippen LogP contribution in [0, 0.1) is 5.92 Å². The third-order valence-corrected chi connectivity index (χ3v) is 7.14. The van der Waals surface area contributed by atoms with Crippen LogP contribution in [0.4, 0.5) is 10.5 Å². The van der Waals surface area contributed by atoms with Crippen LogP contribution >= 0.6 is 11.6 Å². The highest BCUT2D eigenvalue weighted by molar-refractivity contribution is 6.34. The van der Waals surface area contributed by atoms with Gasteiger partial charge in [0.05, 0.1) is 17.8 Å². The predicted molar refractivity (Wildman–Crippen MR) is 158 cm³/mol. The van der Waals surface area contributed by atoms with Crippen LogP contribution in [0.1, 0.15) is 80.0 Å². The number of hydrogen-bond acceptors (Lipinski definition) is 8. The van der Waals surface area contributed by atoms with Crippen molar-refractivity contribution in [2.45, 2.75) is 64.9 Å². The number of hydrogen-bond donors (Lipinski definition) is 3. The van der Waals surface area contributed by atoms with Crippen LogP contribution in [0.15, 0.2) is 35.3 Å². The summed E-state index contributed by atoms with van der Waals surface area (Å²) in [7, 11) is 1.39. The van der Waals surface area contributed by atoms with Crippen molar-refractivity contribution in [2.75, 3.05) is 19.0 Å². The van der Waals surface area contributed by atoms with Crippen LogP contribution in [-0.4, -0.2) is 57.1 Å². The predicted octanol–water partition coefficient (Wildman–Crippen LogP) is 5.08. The van der Waals surface area contributed by atoms with Gasteiger partial charge in [0.15, 0.2) is 0 Å². The maximum absolute atomic E-state index is 13.3. The van der Waals surface area contributed by atoms with Crippen molar-refractivity contribution in [2.24, 2.45) is 5.92 Å². The quantitative estimate of drug-likeness (QED) is 0.318. The van der Waals surface area contributed by atoms with Crippen LogP contribution in [-0.2, 0) is 4.74 Å². The van der Waals surface area contributed by atoms with Gasteiger partial charge in [0.25, 0.3) is 17.4 Å². The Hall–Kier alpha value is -4.19. The fraction of sp³-hybridized carbons (Fsp3) is 0.448. The molecule has 0 spiro atoms. The maximum atomic E-state index is 13.3. The van der Waals surface area contributed by atoms with Crippen LogP contribution < -0.4 is 21.0 Å². The van der Waals surface area contributed by atoms with E-state index in [1.54, 1.807) is 20.8 Å². The zero-order valence-corrected chi connectivity index (χ0v) is 24.8. The number of amides is 3. The second-order valence-electron chi connectivity index (χ2n) is 11.2. The molecule has 3 N–H and O–H groups in total. The van der Waals surface area contributed by atoms with E-state index in [0.717, 1.165) is 32.1 Å². The summed E-state index contributed by atoms with van der Waals surface area (Å²) < 4.78 is 10.5. The smallest absolute Gasteiger partial charge is 0.429 e. The number of carbonyl (C=O) groups is 3. The van der Waals surface area contributed by atoms with Crippen molar-refractivity contribution in [1.82, 2.24) is 25.4 Å². The number of pyridine rings is 1. The number of anilines is 1. The molecule has 0 atom stereocenters. The van der Waals surface area contributed by atoms with Gasteiger partial charge < -0.3 is 19.8 Å². The molecule has 0 aliphatic heterocycles. The van der Waals surface area contributed by atoms with Crippen LogP contribution in [0.2, 0.25) is 5.02 Å². The van der Waals surface area contributed by atoms with Crippen LogP contribution in [0.3, 0.4) is 0 Å².